The van der Waals surface area contributed by atoms with Crippen molar-refractivity contribution in [2.45, 2.75) is 40.0 Å². The second-order valence-corrected chi connectivity index (χ2v) is 9.67. The molecule has 2 aliphatic heterocycles. The molecule has 4 nitrogen and oxygen atoms in total. The van der Waals surface area contributed by atoms with Gasteiger partial charge in [-0.15, -0.1) is 0 Å². The largest absolute Gasteiger partial charge is 0.355 e. The van der Waals surface area contributed by atoms with Crippen LogP contribution in [0.4, 0.5) is 0 Å². The van der Waals surface area contributed by atoms with Crippen LogP contribution in [0, 0.1) is 0 Å². The smallest absolute Gasteiger partial charge is 0.0737 e. The molecule has 35 heavy (non-hydrogen) atoms. The summed E-state index contributed by atoms with van der Waals surface area (Å²) in [7, 11) is 0. The van der Waals surface area contributed by atoms with Crippen LogP contribution in [0.5, 0.6) is 0 Å². The molecule has 0 spiro atoms. The van der Waals surface area contributed by atoms with Crippen LogP contribution in [0.15, 0.2) is 41.1 Å². The number of aromatic nitrogens is 4. The van der Waals surface area contributed by atoms with E-state index in [0.717, 1.165) is 69.7 Å². The van der Waals surface area contributed by atoms with E-state index in [4.69, 9.17) is 9.97 Å². The van der Waals surface area contributed by atoms with E-state index in [-0.39, 0.29) is 0 Å². The molecule has 0 amide bonds. The number of aromatic amines is 2. The van der Waals surface area contributed by atoms with Crippen molar-refractivity contribution in [2.24, 2.45) is 0 Å². The number of hydrogen-bond donors (Lipinski definition) is 2. The fourth-order valence-corrected chi connectivity index (χ4v) is 5.86. The van der Waals surface area contributed by atoms with Gasteiger partial charge in [0.1, 0.15) is 0 Å². The van der Waals surface area contributed by atoms with Crippen LogP contribution in [0.2, 0.25) is 0 Å². The summed E-state index contributed by atoms with van der Waals surface area (Å²) in [6.07, 6.45) is 11.3. The molecule has 0 aromatic carbocycles. The summed E-state index contributed by atoms with van der Waals surface area (Å²) in [6.45, 7) is 6.59. The Morgan fingerprint density at radius 1 is 0.600 bits per heavy atom. The third-order valence-electron chi connectivity index (χ3n) is 6.95. The summed E-state index contributed by atoms with van der Waals surface area (Å²) in [5.74, 6) is 0. The van der Waals surface area contributed by atoms with Crippen molar-refractivity contribution in [1.29, 1.82) is 0 Å². The lowest BCUT2D eigenvalue weighted by Crippen LogP contribution is -1.93. The summed E-state index contributed by atoms with van der Waals surface area (Å²) < 4.78 is 0. The molecular weight excluding hydrogens is 448 g/mol. The van der Waals surface area contributed by atoms with Crippen molar-refractivity contribution in [1.82, 2.24) is 19.9 Å². The van der Waals surface area contributed by atoms with Crippen LogP contribution < -0.4 is 0 Å². The number of nitrogens with zero attached hydrogens (tertiary/aromatic N) is 2. The molecule has 0 fully saturated rings. The van der Waals surface area contributed by atoms with Gasteiger partial charge in [0.25, 0.3) is 0 Å². The van der Waals surface area contributed by atoms with E-state index < -0.39 is 0 Å². The molecule has 2 aliphatic rings. The molecule has 0 saturated carbocycles. The average molecular weight is 477 g/mol. The summed E-state index contributed by atoms with van der Waals surface area (Å²) in [5.41, 5.74) is 14.5. The standard InChI is InChI=1S/C30H28N4S/c1-4-19-22-7-9-24(31-22)20(5-2)26-11-13-28(33-26)30(18-15-16-35-17-18)29-14-12-27(34-29)21(6-3)25-10-8-23(19)32-25/h7-17,31,33H,4-6H2,1-3H3. The number of nitrogens with one attached hydrogen (secondary N) is 2. The first-order valence-electron chi connectivity index (χ1n) is 12.4. The Hall–Kier alpha value is -3.70. The molecule has 5 heteroatoms. The van der Waals surface area contributed by atoms with Gasteiger partial charge in [-0.2, -0.15) is 11.3 Å². The number of aryl methyl sites for hydroxylation is 2. The molecule has 0 unspecified atom stereocenters. The second kappa shape index (κ2) is 8.82. The summed E-state index contributed by atoms with van der Waals surface area (Å²) in [4.78, 5) is 17.6. The Kier molecular flexibility index (Phi) is 5.50. The topological polar surface area (TPSA) is 57.4 Å². The molecule has 0 saturated heterocycles. The van der Waals surface area contributed by atoms with E-state index in [2.05, 4.69) is 96.1 Å². The number of hydrogen-bond acceptors (Lipinski definition) is 3. The second-order valence-electron chi connectivity index (χ2n) is 8.89. The fourth-order valence-electron chi connectivity index (χ4n) is 5.21. The number of H-pyrrole nitrogens is 2. The monoisotopic (exact) mass is 476 g/mol. The first-order valence-corrected chi connectivity index (χ1v) is 13.3. The molecular formula is C30H28N4S. The molecule has 8 bridgehead atoms. The summed E-state index contributed by atoms with van der Waals surface area (Å²) in [5, 5.41) is 4.32. The maximum absolute atomic E-state index is 5.14. The zero-order valence-corrected chi connectivity index (χ0v) is 21.1. The molecule has 6 heterocycles. The van der Waals surface area contributed by atoms with E-state index in [9.17, 15) is 0 Å². The van der Waals surface area contributed by atoms with Crippen LogP contribution >= 0.6 is 11.3 Å². The molecule has 6 rings (SSSR count). The van der Waals surface area contributed by atoms with E-state index in [1.165, 1.54) is 22.3 Å². The normalized spacial score (nSPS) is 12.5. The van der Waals surface area contributed by atoms with Gasteiger partial charge in [-0.3, -0.25) is 0 Å². The van der Waals surface area contributed by atoms with Gasteiger partial charge < -0.3 is 9.97 Å². The third kappa shape index (κ3) is 3.67. The van der Waals surface area contributed by atoms with Gasteiger partial charge in [0.15, 0.2) is 0 Å². The van der Waals surface area contributed by atoms with Gasteiger partial charge in [0.2, 0.25) is 0 Å². The number of fused-ring (bicyclic) bond motifs is 8. The van der Waals surface area contributed by atoms with Gasteiger partial charge in [0, 0.05) is 38.8 Å². The van der Waals surface area contributed by atoms with Crippen LogP contribution in [0.3, 0.4) is 0 Å². The highest BCUT2D eigenvalue weighted by Crippen LogP contribution is 2.33. The molecule has 4 aromatic heterocycles. The molecule has 0 radical (unpaired) electrons. The maximum atomic E-state index is 5.14. The lowest BCUT2D eigenvalue weighted by Gasteiger charge is -2.03. The lowest BCUT2D eigenvalue weighted by atomic mass is 10.1. The predicted octanol–water partition coefficient (Wildman–Crippen LogP) is 8.07. The molecule has 174 valence electrons. The molecule has 0 aliphatic carbocycles. The SMILES string of the molecule is CCc1c2nc(c(CC)c3ccc([nH]3)c(CC)c3ccc([nH]3)c(-c3ccsc3)c3nc1C=C3)C=C2. The Bertz CT molecular complexity index is 1650. The third-order valence-corrected chi connectivity index (χ3v) is 7.63. The lowest BCUT2D eigenvalue weighted by molar-refractivity contribution is 1.06. The molecule has 0 atom stereocenters. The average Bonchev–Trinajstić information content (AvgIpc) is 3.68. The Balaban J connectivity index is 1.81. The maximum Gasteiger partial charge on any atom is 0.0737 e. The van der Waals surface area contributed by atoms with Gasteiger partial charge in [-0.05, 0) is 95.8 Å². The predicted molar refractivity (Wildman–Crippen MR) is 150 cm³/mol. The fraction of sp³-hybridized carbons (Fsp3) is 0.200. The Labute approximate surface area is 209 Å². The quantitative estimate of drug-likeness (QED) is 0.270. The molecule has 4 aromatic rings. The van der Waals surface area contributed by atoms with Gasteiger partial charge >= 0.3 is 0 Å². The van der Waals surface area contributed by atoms with Gasteiger partial charge in [-0.1, -0.05) is 20.8 Å². The van der Waals surface area contributed by atoms with Crippen molar-refractivity contribution in [2.75, 3.05) is 0 Å². The highest BCUT2D eigenvalue weighted by atomic mass is 32.1. The minimum Gasteiger partial charge on any atom is -0.355 e. The van der Waals surface area contributed by atoms with E-state index in [1.54, 1.807) is 11.3 Å². The minimum absolute atomic E-state index is 0.871. The minimum atomic E-state index is 0.871. The Morgan fingerprint density at radius 2 is 1.11 bits per heavy atom. The highest BCUT2D eigenvalue weighted by Gasteiger charge is 2.16. The van der Waals surface area contributed by atoms with Crippen molar-refractivity contribution in [3.63, 3.8) is 0 Å². The first kappa shape index (κ1) is 21.8. The van der Waals surface area contributed by atoms with Crippen LogP contribution in [0.25, 0.3) is 57.5 Å². The van der Waals surface area contributed by atoms with E-state index >= 15 is 0 Å². The van der Waals surface area contributed by atoms with Gasteiger partial charge in [0.05, 0.1) is 22.8 Å². The summed E-state index contributed by atoms with van der Waals surface area (Å²) >= 11 is 1.71. The number of thiophene rings is 1. The van der Waals surface area contributed by atoms with Crippen molar-refractivity contribution in [3.05, 3.63) is 80.6 Å². The van der Waals surface area contributed by atoms with Crippen LogP contribution in [-0.4, -0.2) is 19.9 Å². The van der Waals surface area contributed by atoms with Crippen LogP contribution in [0.1, 0.15) is 60.2 Å². The number of rotatable bonds is 4. The first-order chi connectivity index (χ1) is 17.2. The highest BCUT2D eigenvalue weighted by molar-refractivity contribution is 7.08. The molecule has 2 N–H and O–H groups in total. The van der Waals surface area contributed by atoms with Gasteiger partial charge in [-0.25, -0.2) is 9.97 Å². The Morgan fingerprint density at radius 3 is 1.71 bits per heavy atom. The van der Waals surface area contributed by atoms with Crippen molar-refractivity contribution >= 4 is 57.7 Å². The zero-order valence-electron chi connectivity index (χ0n) is 20.3. The van der Waals surface area contributed by atoms with Crippen molar-refractivity contribution < 1.29 is 0 Å². The zero-order chi connectivity index (χ0) is 23.9. The van der Waals surface area contributed by atoms with E-state index in [0.29, 0.717) is 0 Å². The van der Waals surface area contributed by atoms with Crippen molar-refractivity contribution in [3.8, 4) is 11.1 Å². The van der Waals surface area contributed by atoms with Crippen LogP contribution in [-0.2, 0) is 19.3 Å². The van der Waals surface area contributed by atoms with E-state index in [1.807, 2.05) is 0 Å². The summed E-state index contributed by atoms with van der Waals surface area (Å²) in [6, 6.07) is 10.9.